The van der Waals surface area contributed by atoms with Crippen LogP contribution in [-0.2, 0) is 11.2 Å². The molecule has 7 heteroatoms. The van der Waals surface area contributed by atoms with Crippen molar-refractivity contribution in [3.05, 3.63) is 51.4 Å². The van der Waals surface area contributed by atoms with Crippen molar-refractivity contribution in [1.82, 2.24) is 15.6 Å². The number of H-pyrrole nitrogens is 2. The maximum atomic E-state index is 11.7. The van der Waals surface area contributed by atoms with Crippen molar-refractivity contribution in [2.45, 2.75) is 19.8 Å². The number of amides is 1. The van der Waals surface area contributed by atoms with Crippen LogP contribution in [0.5, 0.6) is 5.75 Å². The van der Waals surface area contributed by atoms with Crippen LogP contribution < -0.4 is 15.7 Å². The molecule has 0 saturated carbocycles. The molecule has 0 aliphatic carbocycles. The van der Waals surface area contributed by atoms with Crippen LogP contribution in [0, 0.1) is 6.92 Å². The molecule has 2 aromatic rings. The zero-order chi connectivity index (χ0) is 15.9. The second-order valence-electron chi connectivity index (χ2n) is 4.75. The first-order chi connectivity index (χ1) is 10.6. The molecular formula is C15H18N4O3. The number of aromatic nitrogens is 2. The Morgan fingerprint density at radius 2 is 2.23 bits per heavy atom. The minimum atomic E-state index is -0.251. The van der Waals surface area contributed by atoms with Gasteiger partial charge >= 0.3 is 0 Å². The molecule has 0 bridgehead atoms. The van der Waals surface area contributed by atoms with Crippen LogP contribution >= 0.6 is 0 Å². The first-order valence-corrected chi connectivity index (χ1v) is 6.82. The molecule has 0 saturated heterocycles. The minimum absolute atomic E-state index is 0.190. The summed E-state index contributed by atoms with van der Waals surface area (Å²) in [6.07, 6.45) is 2.09. The van der Waals surface area contributed by atoms with Crippen LogP contribution in [0.25, 0.3) is 0 Å². The summed E-state index contributed by atoms with van der Waals surface area (Å²) in [6, 6.07) is 7.31. The van der Waals surface area contributed by atoms with Gasteiger partial charge in [0, 0.05) is 17.7 Å². The molecule has 0 unspecified atom stereocenters. The number of hydrogen-bond donors (Lipinski definition) is 3. The van der Waals surface area contributed by atoms with Gasteiger partial charge in [-0.2, -0.15) is 5.10 Å². The van der Waals surface area contributed by atoms with Crippen molar-refractivity contribution in [2.75, 3.05) is 7.11 Å². The van der Waals surface area contributed by atoms with Crippen LogP contribution in [0.15, 0.2) is 34.2 Å². The lowest BCUT2D eigenvalue weighted by Crippen LogP contribution is -2.19. The van der Waals surface area contributed by atoms with Gasteiger partial charge in [-0.15, -0.1) is 0 Å². The highest BCUT2D eigenvalue weighted by Crippen LogP contribution is 2.10. The van der Waals surface area contributed by atoms with Gasteiger partial charge in [0.05, 0.1) is 13.3 Å². The Labute approximate surface area is 127 Å². The number of carbonyl (C=O) groups excluding carboxylic acids is 1. The number of carbonyl (C=O) groups is 1. The van der Waals surface area contributed by atoms with Crippen molar-refractivity contribution in [1.29, 1.82) is 0 Å². The first kappa shape index (κ1) is 15.6. The number of methoxy groups -OCH3 is 1. The number of aromatic amines is 2. The van der Waals surface area contributed by atoms with E-state index in [2.05, 4.69) is 20.7 Å². The third-order valence-electron chi connectivity index (χ3n) is 3.19. The van der Waals surface area contributed by atoms with Crippen LogP contribution in [-0.4, -0.2) is 29.4 Å². The Hall–Kier alpha value is -2.83. The number of aryl methyl sites for hydroxylation is 1. The Kier molecular flexibility index (Phi) is 5.13. The summed E-state index contributed by atoms with van der Waals surface area (Å²) in [5.41, 5.74) is 4.40. The normalized spacial score (nSPS) is 10.8. The lowest BCUT2D eigenvalue weighted by molar-refractivity contribution is -0.121. The van der Waals surface area contributed by atoms with Crippen molar-refractivity contribution < 1.29 is 9.53 Å². The number of hydrogen-bond acceptors (Lipinski definition) is 4. The molecular weight excluding hydrogens is 284 g/mol. The molecule has 0 aliphatic heterocycles. The van der Waals surface area contributed by atoms with E-state index in [0.29, 0.717) is 12.0 Å². The lowest BCUT2D eigenvalue weighted by atomic mass is 10.1. The highest BCUT2D eigenvalue weighted by Gasteiger charge is 2.08. The van der Waals surface area contributed by atoms with E-state index in [1.165, 1.54) is 6.21 Å². The van der Waals surface area contributed by atoms with Crippen LogP contribution in [0.2, 0.25) is 0 Å². The van der Waals surface area contributed by atoms with E-state index in [1.54, 1.807) is 20.1 Å². The molecule has 0 radical (unpaired) electrons. The second-order valence-corrected chi connectivity index (χ2v) is 4.75. The zero-order valence-electron chi connectivity index (χ0n) is 12.5. The Morgan fingerprint density at radius 1 is 1.41 bits per heavy atom. The number of ether oxygens (including phenoxy) is 1. The fourth-order valence-corrected chi connectivity index (χ4v) is 1.97. The van der Waals surface area contributed by atoms with E-state index in [4.69, 9.17) is 4.74 Å². The molecule has 1 aromatic carbocycles. The SMILES string of the molecule is COc1cccc(/C=N\NC(=O)CCc2c(C)[nH][nH]c2=O)c1. The molecule has 0 spiro atoms. The van der Waals surface area contributed by atoms with Gasteiger partial charge in [-0.25, -0.2) is 5.43 Å². The van der Waals surface area contributed by atoms with E-state index in [0.717, 1.165) is 17.0 Å². The summed E-state index contributed by atoms with van der Waals surface area (Å²) in [5, 5.41) is 9.10. The van der Waals surface area contributed by atoms with Crippen LogP contribution in [0.1, 0.15) is 23.2 Å². The molecule has 0 atom stereocenters. The van der Waals surface area contributed by atoms with Crippen LogP contribution in [0.3, 0.4) is 0 Å². The summed E-state index contributed by atoms with van der Waals surface area (Å²) in [7, 11) is 1.59. The Bertz CT molecular complexity index is 730. The number of nitrogens with one attached hydrogen (secondary N) is 3. The van der Waals surface area contributed by atoms with E-state index >= 15 is 0 Å². The van der Waals surface area contributed by atoms with Gasteiger partial charge in [0.15, 0.2) is 0 Å². The molecule has 1 aromatic heterocycles. The smallest absolute Gasteiger partial charge is 0.267 e. The van der Waals surface area contributed by atoms with E-state index in [-0.39, 0.29) is 17.9 Å². The van der Waals surface area contributed by atoms with Gasteiger partial charge in [-0.3, -0.25) is 14.7 Å². The number of nitrogens with zero attached hydrogens (tertiary/aromatic N) is 1. The van der Waals surface area contributed by atoms with Crippen molar-refractivity contribution in [3.63, 3.8) is 0 Å². The van der Waals surface area contributed by atoms with Gasteiger partial charge in [0.1, 0.15) is 5.75 Å². The zero-order valence-corrected chi connectivity index (χ0v) is 12.5. The third-order valence-corrected chi connectivity index (χ3v) is 3.19. The van der Waals surface area contributed by atoms with Gasteiger partial charge in [-0.1, -0.05) is 12.1 Å². The molecule has 3 N–H and O–H groups in total. The lowest BCUT2D eigenvalue weighted by Gasteiger charge is -2.01. The molecule has 0 fully saturated rings. The Balaban J connectivity index is 1.85. The maximum absolute atomic E-state index is 11.7. The number of benzene rings is 1. The summed E-state index contributed by atoms with van der Waals surface area (Å²) >= 11 is 0. The molecule has 2 rings (SSSR count). The van der Waals surface area contributed by atoms with Gasteiger partial charge < -0.3 is 9.84 Å². The summed E-state index contributed by atoms with van der Waals surface area (Å²) in [4.78, 5) is 23.2. The van der Waals surface area contributed by atoms with Crippen molar-refractivity contribution in [3.8, 4) is 5.75 Å². The van der Waals surface area contributed by atoms with E-state index in [9.17, 15) is 9.59 Å². The monoisotopic (exact) mass is 302 g/mol. The standard InChI is InChI=1S/C15H18N4O3/c1-10-13(15(21)19-17-10)6-7-14(20)18-16-9-11-4-3-5-12(8-11)22-2/h3-5,8-9H,6-7H2,1-2H3,(H,18,20)(H2,17,19,21)/b16-9-. The molecule has 1 heterocycles. The van der Waals surface area contributed by atoms with E-state index in [1.807, 2.05) is 18.2 Å². The maximum Gasteiger partial charge on any atom is 0.267 e. The molecule has 22 heavy (non-hydrogen) atoms. The number of hydrazone groups is 1. The second kappa shape index (κ2) is 7.26. The number of rotatable bonds is 6. The van der Waals surface area contributed by atoms with Gasteiger partial charge in [-0.05, 0) is 31.0 Å². The molecule has 1 amide bonds. The van der Waals surface area contributed by atoms with Gasteiger partial charge in [0.2, 0.25) is 5.91 Å². The Morgan fingerprint density at radius 3 is 2.91 bits per heavy atom. The summed E-state index contributed by atoms with van der Waals surface area (Å²) in [6.45, 7) is 1.78. The fourth-order valence-electron chi connectivity index (χ4n) is 1.97. The largest absolute Gasteiger partial charge is 0.497 e. The quantitative estimate of drug-likeness (QED) is 0.550. The summed E-state index contributed by atoms with van der Waals surface area (Å²) < 4.78 is 5.10. The predicted molar refractivity (Wildman–Crippen MR) is 83.2 cm³/mol. The minimum Gasteiger partial charge on any atom is -0.497 e. The van der Waals surface area contributed by atoms with Crippen LogP contribution in [0.4, 0.5) is 0 Å². The first-order valence-electron chi connectivity index (χ1n) is 6.82. The highest BCUT2D eigenvalue weighted by molar-refractivity contribution is 5.82. The highest BCUT2D eigenvalue weighted by atomic mass is 16.5. The molecule has 0 aliphatic rings. The molecule has 116 valence electrons. The predicted octanol–water partition coefficient (Wildman–Crippen LogP) is 1.10. The molecule has 7 nitrogen and oxygen atoms in total. The average Bonchev–Trinajstić information content (AvgIpc) is 2.84. The van der Waals surface area contributed by atoms with E-state index < -0.39 is 0 Å². The third kappa shape index (κ3) is 4.08. The summed E-state index contributed by atoms with van der Waals surface area (Å²) in [5.74, 6) is 0.469. The fraction of sp³-hybridized carbons (Fsp3) is 0.267. The average molecular weight is 302 g/mol. The van der Waals surface area contributed by atoms with Crippen molar-refractivity contribution >= 4 is 12.1 Å². The van der Waals surface area contributed by atoms with Gasteiger partial charge in [0.25, 0.3) is 5.56 Å². The van der Waals surface area contributed by atoms with Crippen molar-refractivity contribution in [2.24, 2.45) is 5.10 Å². The topological polar surface area (TPSA) is 99.3 Å².